The normalized spacial score (nSPS) is 10.5. The van der Waals surface area contributed by atoms with Crippen LogP contribution < -0.4 is 5.56 Å². The zero-order valence-electron chi connectivity index (χ0n) is 8.57. The summed E-state index contributed by atoms with van der Waals surface area (Å²) in [5, 5.41) is 3.74. The van der Waals surface area contributed by atoms with Crippen molar-refractivity contribution in [3.8, 4) is 11.4 Å². The highest BCUT2D eigenvalue weighted by Gasteiger charge is 2.09. The first-order chi connectivity index (χ1) is 7.22. The van der Waals surface area contributed by atoms with E-state index in [0.29, 0.717) is 12.2 Å². The Morgan fingerprint density at radius 2 is 2.33 bits per heavy atom. The molecule has 0 saturated carbocycles. The van der Waals surface area contributed by atoms with Gasteiger partial charge >= 0.3 is 0 Å². The van der Waals surface area contributed by atoms with E-state index in [-0.39, 0.29) is 5.56 Å². The van der Waals surface area contributed by atoms with Crippen LogP contribution in [-0.2, 0) is 6.42 Å². The first-order valence-electron chi connectivity index (χ1n) is 4.72. The van der Waals surface area contributed by atoms with E-state index in [1.54, 1.807) is 6.07 Å². The molecule has 0 unspecified atom stereocenters. The van der Waals surface area contributed by atoms with Gasteiger partial charge in [-0.05, 0) is 19.4 Å². The predicted molar refractivity (Wildman–Crippen MR) is 54.5 cm³/mol. The number of aromatic amines is 1. The number of nitrogens with zero attached hydrogens (tertiary/aromatic N) is 2. The topological polar surface area (TPSA) is 71.8 Å². The van der Waals surface area contributed by atoms with Crippen LogP contribution in [0.25, 0.3) is 11.4 Å². The first-order valence-corrected chi connectivity index (χ1v) is 4.72. The summed E-state index contributed by atoms with van der Waals surface area (Å²) in [6.07, 6.45) is 1.95. The average molecular weight is 205 g/mol. The molecule has 0 aromatic carbocycles. The van der Waals surface area contributed by atoms with Gasteiger partial charge in [-0.3, -0.25) is 4.79 Å². The lowest BCUT2D eigenvalue weighted by Gasteiger charge is -2.03. The second-order valence-electron chi connectivity index (χ2n) is 3.27. The van der Waals surface area contributed by atoms with E-state index in [1.807, 2.05) is 13.8 Å². The zero-order chi connectivity index (χ0) is 10.8. The Morgan fingerprint density at radius 1 is 1.53 bits per heavy atom. The summed E-state index contributed by atoms with van der Waals surface area (Å²) < 4.78 is 4.67. The number of hydrogen-bond donors (Lipinski definition) is 1. The van der Waals surface area contributed by atoms with Gasteiger partial charge in [0.25, 0.3) is 5.56 Å². The van der Waals surface area contributed by atoms with Crippen LogP contribution in [0.15, 0.2) is 21.8 Å². The third-order valence-electron chi connectivity index (χ3n) is 2.30. The summed E-state index contributed by atoms with van der Waals surface area (Å²) in [7, 11) is 0. The predicted octanol–water partition coefficient (Wildman–Crippen LogP) is 1.30. The summed E-state index contributed by atoms with van der Waals surface area (Å²) in [4.78, 5) is 18.2. The molecule has 78 valence electrons. The smallest absolute Gasteiger partial charge is 0.251 e. The molecular formula is C10H11N3O2. The van der Waals surface area contributed by atoms with Crippen molar-refractivity contribution in [2.75, 3.05) is 0 Å². The van der Waals surface area contributed by atoms with Crippen LogP contribution in [0.1, 0.15) is 18.2 Å². The Labute approximate surface area is 86.1 Å². The van der Waals surface area contributed by atoms with Crippen molar-refractivity contribution in [2.45, 2.75) is 20.3 Å². The third kappa shape index (κ3) is 1.68. The van der Waals surface area contributed by atoms with Crippen molar-refractivity contribution < 1.29 is 4.52 Å². The zero-order valence-corrected chi connectivity index (χ0v) is 8.57. The minimum absolute atomic E-state index is 0.0535. The van der Waals surface area contributed by atoms with Gasteiger partial charge in [0.15, 0.2) is 0 Å². The molecule has 0 radical (unpaired) electrons. The number of hydrogen-bond acceptors (Lipinski definition) is 4. The standard InChI is InChI=1S/C10H11N3O2/c1-3-7-4-8(6(2)12-10(7)14)9-11-5-15-13-9/h4-5H,3H2,1-2H3,(H,12,14). The van der Waals surface area contributed by atoms with E-state index in [2.05, 4.69) is 19.6 Å². The molecule has 2 aromatic heterocycles. The van der Waals surface area contributed by atoms with Crippen LogP contribution in [0, 0.1) is 6.92 Å². The minimum atomic E-state index is -0.0535. The molecule has 2 rings (SSSR count). The second kappa shape index (κ2) is 3.68. The van der Waals surface area contributed by atoms with Crippen LogP contribution in [0.2, 0.25) is 0 Å². The summed E-state index contributed by atoms with van der Waals surface area (Å²) in [5.41, 5.74) is 2.22. The van der Waals surface area contributed by atoms with Gasteiger partial charge in [0.2, 0.25) is 12.2 Å². The molecule has 0 atom stereocenters. The van der Waals surface area contributed by atoms with Crippen molar-refractivity contribution in [1.29, 1.82) is 0 Å². The SMILES string of the molecule is CCc1cc(-c2ncon2)c(C)[nH]c1=O. The minimum Gasteiger partial charge on any atom is -0.342 e. The Bertz CT molecular complexity index is 514. The fourth-order valence-corrected chi connectivity index (χ4v) is 1.45. The molecular weight excluding hydrogens is 194 g/mol. The van der Waals surface area contributed by atoms with Crippen molar-refractivity contribution in [1.82, 2.24) is 15.1 Å². The quantitative estimate of drug-likeness (QED) is 0.802. The van der Waals surface area contributed by atoms with Gasteiger partial charge in [0, 0.05) is 16.8 Å². The van der Waals surface area contributed by atoms with Gasteiger partial charge < -0.3 is 9.51 Å². The van der Waals surface area contributed by atoms with Crippen LogP contribution in [0.4, 0.5) is 0 Å². The summed E-state index contributed by atoms with van der Waals surface area (Å²) in [5.74, 6) is 0.499. The van der Waals surface area contributed by atoms with E-state index >= 15 is 0 Å². The van der Waals surface area contributed by atoms with Crippen LogP contribution in [0.5, 0.6) is 0 Å². The van der Waals surface area contributed by atoms with E-state index in [4.69, 9.17) is 0 Å². The lowest BCUT2D eigenvalue weighted by molar-refractivity contribution is 0.418. The van der Waals surface area contributed by atoms with Crippen molar-refractivity contribution in [3.63, 3.8) is 0 Å². The Morgan fingerprint density at radius 3 is 2.93 bits per heavy atom. The highest BCUT2D eigenvalue weighted by Crippen LogP contribution is 2.17. The van der Waals surface area contributed by atoms with Crippen LogP contribution >= 0.6 is 0 Å². The molecule has 0 fully saturated rings. The van der Waals surface area contributed by atoms with E-state index in [0.717, 1.165) is 16.8 Å². The molecule has 0 aliphatic rings. The van der Waals surface area contributed by atoms with E-state index in [1.165, 1.54) is 6.39 Å². The number of aromatic nitrogens is 3. The molecule has 0 aliphatic heterocycles. The molecule has 0 spiro atoms. The summed E-state index contributed by atoms with van der Waals surface area (Å²) >= 11 is 0. The van der Waals surface area contributed by atoms with E-state index < -0.39 is 0 Å². The third-order valence-corrected chi connectivity index (χ3v) is 2.30. The fourth-order valence-electron chi connectivity index (χ4n) is 1.45. The summed E-state index contributed by atoms with van der Waals surface area (Å²) in [6.45, 7) is 3.74. The van der Waals surface area contributed by atoms with Gasteiger partial charge in [-0.1, -0.05) is 12.1 Å². The second-order valence-corrected chi connectivity index (χ2v) is 3.27. The lowest BCUT2D eigenvalue weighted by atomic mass is 10.1. The van der Waals surface area contributed by atoms with Gasteiger partial charge in [-0.2, -0.15) is 4.98 Å². The number of H-pyrrole nitrogens is 1. The summed E-state index contributed by atoms with van der Waals surface area (Å²) in [6, 6.07) is 1.80. The maximum atomic E-state index is 11.5. The highest BCUT2D eigenvalue weighted by molar-refractivity contribution is 5.57. The van der Waals surface area contributed by atoms with Gasteiger partial charge in [0.1, 0.15) is 0 Å². The fraction of sp³-hybridized carbons (Fsp3) is 0.300. The van der Waals surface area contributed by atoms with Crippen molar-refractivity contribution >= 4 is 0 Å². The van der Waals surface area contributed by atoms with Crippen molar-refractivity contribution in [2.24, 2.45) is 0 Å². The Hall–Kier alpha value is -1.91. The maximum absolute atomic E-state index is 11.5. The number of aryl methyl sites for hydroxylation is 2. The largest absolute Gasteiger partial charge is 0.342 e. The molecule has 0 saturated heterocycles. The number of nitrogens with one attached hydrogen (secondary N) is 1. The Balaban J connectivity index is 2.62. The highest BCUT2D eigenvalue weighted by atomic mass is 16.5. The molecule has 5 nitrogen and oxygen atoms in total. The van der Waals surface area contributed by atoms with Gasteiger partial charge in [-0.25, -0.2) is 0 Å². The molecule has 2 aromatic rings. The average Bonchev–Trinajstić information content (AvgIpc) is 2.71. The van der Waals surface area contributed by atoms with Crippen LogP contribution in [0.3, 0.4) is 0 Å². The maximum Gasteiger partial charge on any atom is 0.251 e. The number of pyridine rings is 1. The van der Waals surface area contributed by atoms with Gasteiger partial charge in [0.05, 0.1) is 0 Å². The molecule has 0 bridgehead atoms. The van der Waals surface area contributed by atoms with Crippen LogP contribution in [-0.4, -0.2) is 15.1 Å². The number of rotatable bonds is 2. The van der Waals surface area contributed by atoms with Crippen molar-refractivity contribution in [3.05, 3.63) is 34.1 Å². The molecule has 2 heterocycles. The lowest BCUT2D eigenvalue weighted by Crippen LogP contribution is -2.13. The van der Waals surface area contributed by atoms with E-state index in [9.17, 15) is 4.79 Å². The molecule has 5 heteroatoms. The molecule has 15 heavy (non-hydrogen) atoms. The van der Waals surface area contributed by atoms with Gasteiger partial charge in [-0.15, -0.1) is 0 Å². The Kier molecular flexibility index (Phi) is 2.37. The molecule has 0 aliphatic carbocycles. The monoisotopic (exact) mass is 205 g/mol. The first kappa shape index (κ1) is 9.64. The molecule has 1 N–H and O–H groups in total. The molecule has 0 amide bonds.